The number of carbonyl (C=O) groups excluding carboxylic acids is 2. The van der Waals surface area contributed by atoms with E-state index >= 15 is 0 Å². The molecule has 1 aliphatic carbocycles. The zero-order valence-corrected chi connectivity index (χ0v) is 18.1. The summed E-state index contributed by atoms with van der Waals surface area (Å²) >= 11 is 0. The minimum atomic E-state index is -0.207. The first-order valence-electron chi connectivity index (χ1n) is 10.7. The van der Waals surface area contributed by atoms with Crippen molar-refractivity contribution in [1.29, 1.82) is 0 Å². The molecule has 4 atom stereocenters. The average Bonchev–Trinajstić information content (AvgIpc) is 3.41. The molecule has 2 aliphatic rings. The van der Waals surface area contributed by atoms with Crippen LogP contribution >= 0.6 is 0 Å². The average molecular weight is 428 g/mol. The van der Waals surface area contributed by atoms with Crippen molar-refractivity contribution in [2.45, 2.75) is 57.6 Å². The van der Waals surface area contributed by atoms with Gasteiger partial charge in [-0.05, 0) is 43.7 Å². The lowest BCUT2D eigenvalue weighted by atomic mass is 9.93. The Morgan fingerprint density at radius 2 is 2.13 bits per heavy atom. The summed E-state index contributed by atoms with van der Waals surface area (Å²) in [5.41, 5.74) is 1.76. The van der Waals surface area contributed by atoms with Gasteiger partial charge in [-0.15, -0.1) is 0 Å². The van der Waals surface area contributed by atoms with Gasteiger partial charge >= 0.3 is 6.09 Å². The number of rotatable bonds is 6. The van der Waals surface area contributed by atoms with Gasteiger partial charge in [-0.3, -0.25) is 9.89 Å². The third-order valence-electron chi connectivity index (χ3n) is 6.36. The number of likely N-dealkylation sites (tertiary alicyclic amines) is 1. The molecule has 0 bridgehead atoms. The number of aromatic nitrogens is 3. The summed E-state index contributed by atoms with van der Waals surface area (Å²) in [5, 5.41) is 10.1. The Hall–Kier alpha value is -3.10. The SMILES string of the molecule is COc1cc(CC(=O)Nc2cc([C@@H]3CC[C@H](OC(=O)N4C[C@H](C)[C@@H]4C)C3)[nH]n2)ccn1. The fourth-order valence-electron chi connectivity index (χ4n) is 4.23. The number of ether oxygens (including phenoxy) is 2. The number of hydrogen-bond donors (Lipinski definition) is 2. The molecule has 2 amide bonds. The summed E-state index contributed by atoms with van der Waals surface area (Å²) in [6.07, 6.45) is 4.03. The highest BCUT2D eigenvalue weighted by Crippen LogP contribution is 2.36. The smallest absolute Gasteiger partial charge is 0.410 e. The van der Waals surface area contributed by atoms with Crippen LogP contribution in [0.5, 0.6) is 5.88 Å². The van der Waals surface area contributed by atoms with E-state index in [9.17, 15) is 9.59 Å². The highest BCUT2D eigenvalue weighted by molar-refractivity contribution is 5.91. The normalized spacial score (nSPS) is 25.1. The van der Waals surface area contributed by atoms with Gasteiger partial charge in [0.25, 0.3) is 0 Å². The molecule has 2 aromatic heterocycles. The molecule has 3 heterocycles. The molecule has 2 aromatic rings. The number of nitrogens with zero attached hydrogens (tertiary/aromatic N) is 3. The Morgan fingerprint density at radius 3 is 2.87 bits per heavy atom. The van der Waals surface area contributed by atoms with Crippen LogP contribution < -0.4 is 10.1 Å². The van der Waals surface area contributed by atoms with Crippen molar-refractivity contribution in [1.82, 2.24) is 20.1 Å². The molecule has 1 aliphatic heterocycles. The minimum Gasteiger partial charge on any atom is -0.481 e. The van der Waals surface area contributed by atoms with Gasteiger partial charge in [-0.2, -0.15) is 5.10 Å². The zero-order valence-electron chi connectivity index (χ0n) is 18.1. The van der Waals surface area contributed by atoms with Crippen molar-refractivity contribution >= 4 is 17.8 Å². The lowest BCUT2D eigenvalue weighted by molar-refractivity contribution is -0.115. The van der Waals surface area contributed by atoms with E-state index in [2.05, 4.69) is 34.3 Å². The van der Waals surface area contributed by atoms with Crippen LogP contribution in [-0.2, 0) is 16.0 Å². The second kappa shape index (κ2) is 8.95. The first kappa shape index (κ1) is 21.1. The second-order valence-corrected chi connectivity index (χ2v) is 8.53. The van der Waals surface area contributed by atoms with Crippen LogP contribution in [-0.4, -0.2) is 57.9 Å². The molecular formula is C22H29N5O4. The van der Waals surface area contributed by atoms with Gasteiger partial charge in [-0.25, -0.2) is 9.78 Å². The van der Waals surface area contributed by atoms with Gasteiger partial charge in [0.05, 0.1) is 13.5 Å². The molecule has 9 nitrogen and oxygen atoms in total. The Balaban J connectivity index is 1.27. The highest BCUT2D eigenvalue weighted by atomic mass is 16.6. The molecule has 1 saturated carbocycles. The van der Waals surface area contributed by atoms with E-state index in [1.807, 2.05) is 6.07 Å². The topological polar surface area (TPSA) is 109 Å². The number of pyridine rings is 1. The standard InChI is InChI=1S/C22H29N5O4/c1-13-12-27(14(13)2)22(29)31-17-5-4-16(10-17)18-11-19(26-25-18)24-20(28)8-15-6-7-23-21(9-15)30-3/h6-7,9,11,13-14,16-17H,4-5,8,10,12H2,1-3H3,(H2,24,25,26,28)/t13-,14-,16+,17-/m0/s1. The number of carbonyl (C=O) groups is 2. The maximum absolute atomic E-state index is 12.3. The first-order valence-corrected chi connectivity index (χ1v) is 10.7. The highest BCUT2D eigenvalue weighted by Gasteiger charge is 2.38. The van der Waals surface area contributed by atoms with Crippen molar-refractivity contribution in [3.8, 4) is 5.88 Å². The van der Waals surface area contributed by atoms with Crippen LogP contribution in [0.2, 0.25) is 0 Å². The minimum absolute atomic E-state index is 0.0800. The maximum Gasteiger partial charge on any atom is 0.410 e. The van der Waals surface area contributed by atoms with E-state index in [1.54, 1.807) is 23.2 Å². The fourth-order valence-corrected chi connectivity index (χ4v) is 4.23. The predicted molar refractivity (Wildman–Crippen MR) is 114 cm³/mol. The van der Waals surface area contributed by atoms with Crippen LogP contribution in [0.4, 0.5) is 10.6 Å². The molecule has 31 heavy (non-hydrogen) atoms. The zero-order chi connectivity index (χ0) is 22.0. The molecule has 0 unspecified atom stereocenters. The van der Waals surface area contributed by atoms with Gasteiger partial charge in [0.2, 0.25) is 11.8 Å². The molecule has 2 fully saturated rings. The van der Waals surface area contributed by atoms with Gasteiger partial charge in [0, 0.05) is 42.5 Å². The number of aromatic amines is 1. The Morgan fingerprint density at radius 1 is 1.29 bits per heavy atom. The number of nitrogens with one attached hydrogen (secondary N) is 2. The van der Waals surface area contributed by atoms with E-state index in [0.29, 0.717) is 17.6 Å². The maximum atomic E-state index is 12.3. The van der Waals surface area contributed by atoms with E-state index in [0.717, 1.165) is 37.1 Å². The van der Waals surface area contributed by atoms with E-state index < -0.39 is 0 Å². The Kier molecular flexibility index (Phi) is 6.11. The molecule has 0 aromatic carbocycles. The van der Waals surface area contributed by atoms with Crippen molar-refractivity contribution < 1.29 is 19.1 Å². The summed E-state index contributed by atoms with van der Waals surface area (Å²) in [5.74, 6) is 1.56. The molecule has 4 rings (SSSR count). The summed E-state index contributed by atoms with van der Waals surface area (Å²) < 4.78 is 10.8. The van der Waals surface area contributed by atoms with Crippen molar-refractivity contribution in [3.63, 3.8) is 0 Å². The summed E-state index contributed by atoms with van der Waals surface area (Å²) in [6.45, 7) is 4.97. The lowest BCUT2D eigenvalue weighted by Gasteiger charge is -2.44. The van der Waals surface area contributed by atoms with E-state index in [4.69, 9.17) is 9.47 Å². The van der Waals surface area contributed by atoms with Gasteiger partial charge < -0.3 is 19.7 Å². The molecule has 1 saturated heterocycles. The second-order valence-electron chi connectivity index (χ2n) is 8.53. The van der Waals surface area contributed by atoms with Gasteiger partial charge in [0.15, 0.2) is 5.82 Å². The molecule has 0 spiro atoms. The molecular weight excluding hydrogens is 398 g/mol. The molecule has 0 radical (unpaired) electrons. The van der Waals surface area contributed by atoms with E-state index in [1.165, 1.54) is 7.11 Å². The van der Waals surface area contributed by atoms with Gasteiger partial charge in [0.1, 0.15) is 6.10 Å². The third-order valence-corrected chi connectivity index (χ3v) is 6.36. The lowest BCUT2D eigenvalue weighted by Crippen LogP contribution is -2.56. The quantitative estimate of drug-likeness (QED) is 0.733. The number of methoxy groups -OCH3 is 1. The monoisotopic (exact) mass is 427 g/mol. The number of anilines is 1. The van der Waals surface area contributed by atoms with Gasteiger partial charge in [-0.1, -0.05) is 6.92 Å². The molecule has 166 valence electrons. The Labute approximate surface area is 181 Å². The molecule has 9 heteroatoms. The largest absolute Gasteiger partial charge is 0.481 e. The number of amides is 2. The third kappa shape index (κ3) is 4.81. The van der Waals surface area contributed by atoms with Crippen LogP contribution in [0.1, 0.15) is 50.3 Å². The number of H-pyrrole nitrogens is 1. The van der Waals surface area contributed by atoms with E-state index in [-0.39, 0.29) is 36.5 Å². The van der Waals surface area contributed by atoms with Crippen LogP contribution in [0.3, 0.4) is 0 Å². The molecule has 2 N–H and O–H groups in total. The summed E-state index contributed by atoms with van der Waals surface area (Å²) in [6, 6.07) is 5.62. The fraction of sp³-hybridized carbons (Fsp3) is 0.545. The summed E-state index contributed by atoms with van der Waals surface area (Å²) in [7, 11) is 1.54. The van der Waals surface area contributed by atoms with Crippen molar-refractivity contribution in [3.05, 3.63) is 35.7 Å². The predicted octanol–water partition coefficient (Wildman–Crippen LogP) is 3.11. The van der Waals surface area contributed by atoms with Crippen LogP contribution in [0.15, 0.2) is 24.4 Å². The summed E-state index contributed by atoms with van der Waals surface area (Å²) in [4.78, 5) is 30.5. The van der Waals surface area contributed by atoms with Crippen LogP contribution in [0.25, 0.3) is 0 Å². The number of hydrogen-bond acceptors (Lipinski definition) is 6. The van der Waals surface area contributed by atoms with Crippen molar-refractivity contribution in [2.24, 2.45) is 5.92 Å². The van der Waals surface area contributed by atoms with Crippen LogP contribution in [0, 0.1) is 5.92 Å². The first-order chi connectivity index (χ1) is 14.9. The van der Waals surface area contributed by atoms with Crippen molar-refractivity contribution in [2.75, 3.05) is 19.0 Å². The Bertz CT molecular complexity index is 945.